The Kier molecular flexibility index (Phi) is 5.27. The number of piperazine rings is 1. The number of carbonyl (C=O) groups excluding carboxylic acids is 2. The van der Waals surface area contributed by atoms with Gasteiger partial charge < -0.3 is 19.3 Å². The molecule has 0 saturated carbocycles. The molecule has 2 aromatic carbocycles. The first-order chi connectivity index (χ1) is 13.9. The molecular formula is C20H17ClF2N2O4. The van der Waals surface area contributed by atoms with Gasteiger partial charge in [-0.1, -0.05) is 23.7 Å². The van der Waals surface area contributed by atoms with Crippen molar-refractivity contribution in [3.63, 3.8) is 0 Å². The monoisotopic (exact) mass is 422 g/mol. The van der Waals surface area contributed by atoms with Crippen LogP contribution in [0.2, 0.25) is 5.02 Å². The predicted octanol–water partition coefficient (Wildman–Crippen LogP) is 2.74. The van der Waals surface area contributed by atoms with Gasteiger partial charge in [0.05, 0.1) is 10.6 Å². The fourth-order valence-electron chi connectivity index (χ4n) is 3.33. The first kappa shape index (κ1) is 19.4. The Morgan fingerprint density at radius 3 is 2.31 bits per heavy atom. The molecule has 6 nitrogen and oxygen atoms in total. The van der Waals surface area contributed by atoms with E-state index in [2.05, 4.69) is 0 Å². The molecule has 1 atom stereocenters. The molecule has 4 rings (SSSR count). The third kappa shape index (κ3) is 3.85. The molecule has 0 aliphatic carbocycles. The van der Waals surface area contributed by atoms with Crippen LogP contribution in [0.25, 0.3) is 0 Å². The van der Waals surface area contributed by atoms with Crippen LogP contribution in [0.3, 0.4) is 0 Å². The molecule has 29 heavy (non-hydrogen) atoms. The summed E-state index contributed by atoms with van der Waals surface area (Å²) in [5, 5.41) is -0.154. The zero-order valence-corrected chi connectivity index (χ0v) is 16.0. The molecule has 2 aliphatic rings. The standard InChI is InChI=1S/C20H17ClF2N2O4/c21-13-10-15(23)14(22)9-12(13)19(26)24-5-7-25(8-6-24)20(27)18-11-28-16-3-1-2-4-17(16)29-18/h1-4,9-10,18H,5-8,11H2/t18-/m1/s1. The second-order valence-electron chi connectivity index (χ2n) is 6.73. The molecule has 1 saturated heterocycles. The zero-order chi connectivity index (χ0) is 20.5. The molecule has 0 aromatic heterocycles. The van der Waals surface area contributed by atoms with Gasteiger partial charge in [0.1, 0.15) is 6.61 Å². The van der Waals surface area contributed by atoms with E-state index in [9.17, 15) is 18.4 Å². The maximum absolute atomic E-state index is 13.5. The third-order valence-corrected chi connectivity index (χ3v) is 5.22. The lowest BCUT2D eigenvalue weighted by atomic mass is 10.1. The van der Waals surface area contributed by atoms with Crippen molar-refractivity contribution in [3.05, 3.63) is 58.6 Å². The number of halogens is 3. The fraction of sp³-hybridized carbons (Fsp3) is 0.300. The number of fused-ring (bicyclic) bond motifs is 1. The van der Waals surface area contributed by atoms with E-state index in [0.717, 1.165) is 12.1 Å². The highest BCUT2D eigenvalue weighted by molar-refractivity contribution is 6.33. The average molecular weight is 423 g/mol. The number of rotatable bonds is 2. The molecular weight excluding hydrogens is 406 g/mol. The molecule has 1 fully saturated rings. The summed E-state index contributed by atoms with van der Waals surface area (Å²) in [4.78, 5) is 28.4. The molecule has 0 spiro atoms. The van der Waals surface area contributed by atoms with Crippen molar-refractivity contribution in [1.29, 1.82) is 0 Å². The van der Waals surface area contributed by atoms with Crippen LogP contribution in [0.1, 0.15) is 10.4 Å². The van der Waals surface area contributed by atoms with E-state index >= 15 is 0 Å². The fourth-order valence-corrected chi connectivity index (χ4v) is 3.56. The summed E-state index contributed by atoms with van der Waals surface area (Å²) < 4.78 is 38.0. The van der Waals surface area contributed by atoms with Gasteiger partial charge in [0, 0.05) is 26.2 Å². The molecule has 152 valence electrons. The van der Waals surface area contributed by atoms with Gasteiger partial charge in [-0.3, -0.25) is 9.59 Å². The Hall–Kier alpha value is -2.87. The molecule has 2 aliphatic heterocycles. The van der Waals surface area contributed by atoms with Crippen molar-refractivity contribution < 1.29 is 27.8 Å². The van der Waals surface area contributed by atoms with Crippen LogP contribution < -0.4 is 9.47 Å². The van der Waals surface area contributed by atoms with Gasteiger partial charge in [-0.15, -0.1) is 0 Å². The summed E-state index contributed by atoms with van der Waals surface area (Å²) in [5.41, 5.74) is -0.106. The molecule has 0 bridgehead atoms. The second-order valence-corrected chi connectivity index (χ2v) is 7.14. The van der Waals surface area contributed by atoms with E-state index in [4.69, 9.17) is 21.1 Å². The summed E-state index contributed by atoms with van der Waals surface area (Å²) in [7, 11) is 0. The van der Waals surface area contributed by atoms with Crippen LogP contribution in [0.15, 0.2) is 36.4 Å². The van der Waals surface area contributed by atoms with Gasteiger partial charge >= 0.3 is 0 Å². The van der Waals surface area contributed by atoms with Crippen LogP contribution in [0, 0.1) is 11.6 Å². The van der Waals surface area contributed by atoms with Gasteiger partial charge in [-0.2, -0.15) is 0 Å². The smallest absolute Gasteiger partial charge is 0.267 e. The number of hydrogen-bond acceptors (Lipinski definition) is 4. The Balaban J connectivity index is 1.38. The molecule has 2 aromatic rings. The van der Waals surface area contributed by atoms with Crippen molar-refractivity contribution in [3.8, 4) is 11.5 Å². The normalized spacial score (nSPS) is 18.5. The van der Waals surface area contributed by atoms with E-state index in [1.807, 2.05) is 6.07 Å². The van der Waals surface area contributed by atoms with Crippen LogP contribution in [-0.4, -0.2) is 60.5 Å². The van der Waals surface area contributed by atoms with Crippen LogP contribution >= 0.6 is 11.6 Å². The highest BCUT2D eigenvalue weighted by Gasteiger charge is 2.34. The first-order valence-corrected chi connectivity index (χ1v) is 9.43. The molecule has 0 radical (unpaired) electrons. The molecule has 9 heteroatoms. The highest BCUT2D eigenvalue weighted by Crippen LogP contribution is 2.31. The van der Waals surface area contributed by atoms with Crippen molar-refractivity contribution in [2.24, 2.45) is 0 Å². The van der Waals surface area contributed by atoms with Gasteiger partial charge in [-0.05, 0) is 24.3 Å². The Labute approximate surface area is 170 Å². The summed E-state index contributed by atoms with van der Waals surface area (Å²) in [5.74, 6) is -1.88. The van der Waals surface area contributed by atoms with Crippen molar-refractivity contribution in [2.75, 3.05) is 32.8 Å². The van der Waals surface area contributed by atoms with Crippen molar-refractivity contribution in [2.45, 2.75) is 6.10 Å². The lowest BCUT2D eigenvalue weighted by Crippen LogP contribution is -2.55. The van der Waals surface area contributed by atoms with E-state index in [1.165, 1.54) is 4.90 Å². The molecule has 0 unspecified atom stereocenters. The number of ether oxygens (including phenoxy) is 2. The SMILES string of the molecule is O=C(c1cc(F)c(F)cc1Cl)N1CCN(C(=O)[C@H]2COc3ccccc3O2)CC1. The second kappa shape index (κ2) is 7.87. The topological polar surface area (TPSA) is 59.1 Å². The largest absolute Gasteiger partial charge is 0.485 e. The van der Waals surface area contributed by atoms with Gasteiger partial charge in [0.15, 0.2) is 23.1 Å². The highest BCUT2D eigenvalue weighted by atomic mass is 35.5. The lowest BCUT2D eigenvalue weighted by Gasteiger charge is -2.37. The predicted molar refractivity (Wildman–Crippen MR) is 100 cm³/mol. The quantitative estimate of drug-likeness (QED) is 0.698. The number of amides is 2. The molecule has 0 N–H and O–H groups in total. The third-order valence-electron chi connectivity index (χ3n) is 4.90. The Morgan fingerprint density at radius 2 is 1.59 bits per heavy atom. The summed E-state index contributed by atoms with van der Waals surface area (Å²) in [6.45, 7) is 1.16. The molecule has 2 heterocycles. The van der Waals surface area contributed by atoms with Crippen LogP contribution in [0.5, 0.6) is 11.5 Å². The number of nitrogens with zero attached hydrogens (tertiary/aromatic N) is 2. The van der Waals surface area contributed by atoms with Gasteiger partial charge in [0.25, 0.3) is 11.8 Å². The summed E-state index contributed by atoms with van der Waals surface area (Å²) in [6.07, 6.45) is -0.757. The summed E-state index contributed by atoms with van der Waals surface area (Å²) in [6, 6.07) is 8.69. The van der Waals surface area contributed by atoms with E-state index < -0.39 is 23.6 Å². The van der Waals surface area contributed by atoms with Crippen LogP contribution in [0.4, 0.5) is 8.78 Å². The zero-order valence-electron chi connectivity index (χ0n) is 15.2. The maximum atomic E-state index is 13.5. The minimum atomic E-state index is -1.14. The van der Waals surface area contributed by atoms with E-state index in [0.29, 0.717) is 11.5 Å². The Bertz CT molecular complexity index is 963. The minimum Gasteiger partial charge on any atom is -0.485 e. The van der Waals surface area contributed by atoms with E-state index in [1.54, 1.807) is 23.1 Å². The lowest BCUT2D eigenvalue weighted by molar-refractivity contribution is -0.142. The van der Waals surface area contributed by atoms with Crippen molar-refractivity contribution in [1.82, 2.24) is 9.80 Å². The minimum absolute atomic E-state index is 0.106. The summed E-state index contributed by atoms with van der Waals surface area (Å²) >= 11 is 5.89. The number of benzene rings is 2. The number of hydrogen-bond donors (Lipinski definition) is 0. The average Bonchev–Trinajstić information content (AvgIpc) is 2.75. The van der Waals surface area contributed by atoms with Crippen LogP contribution in [-0.2, 0) is 4.79 Å². The van der Waals surface area contributed by atoms with Gasteiger partial charge in [0.2, 0.25) is 6.10 Å². The van der Waals surface area contributed by atoms with Crippen molar-refractivity contribution >= 4 is 23.4 Å². The van der Waals surface area contributed by atoms with Gasteiger partial charge in [-0.25, -0.2) is 8.78 Å². The maximum Gasteiger partial charge on any atom is 0.267 e. The first-order valence-electron chi connectivity index (χ1n) is 9.05. The number of carbonyl (C=O) groups is 2. The Morgan fingerprint density at radius 1 is 0.966 bits per heavy atom. The number of para-hydroxylation sites is 2. The van der Waals surface area contributed by atoms with E-state index in [-0.39, 0.29) is 49.3 Å². The molecule has 2 amide bonds.